The Morgan fingerprint density at radius 1 is 0.692 bits per heavy atom. The monoisotopic (exact) mass is 510 g/mol. The van der Waals surface area contributed by atoms with E-state index in [2.05, 4.69) is 117 Å². The Bertz CT molecular complexity index is 1600. The van der Waals surface area contributed by atoms with Crippen molar-refractivity contribution in [2.45, 2.75) is 60.3 Å². The molecule has 0 N–H and O–H groups in total. The number of rotatable bonds is 5. The summed E-state index contributed by atoms with van der Waals surface area (Å²) in [4.78, 5) is 0. The summed E-state index contributed by atoms with van der Waals surface area (Å²) in [6.07, 6.45) is 8.98. The van der Waals surface area contributed by atoms with E-state index in [1.165, 1.54) is 66.1 Å². The molecule has 0 saturated carbocycles. The molecule has 0 aliphatic heterocycles. The van der Waals surface area contributed by atoms with Gasteiger partial charge in [-0.1, -0.05) is 145 Å². The Balaban J connectivity index is 0.000000845. The predicted octanol–water partition coefficient (Wildman–Crippen LogP) is 12.2. The third kappa shape index (κ3) is 5.62. The van der Waals surface area contributed by atoms with Crippen LogP contribution in [0.4, 0.5) is 0 Å². The minimum absolute atomic E-state index is 1.03. The minimum atomic E-state index is 1.03. The summed E-state index contributed by atoms with van der Waals surface area (Å²) < 4.78 is 0. The van der Waals surface area contributed by atoms with Crippen molar-refractivity contribution in [3.05, 3.63) is 120 Å². The van der Waals surface area contributed by atoms with Gasteiger partial charge in [0.05, 0.1) is 0 Å². The van der Waals surface area contributed by atoms with Gasteiger partial charge in [-0.3, -0.25) is 0 Å². The quantitative estimate of drug-likeness (QED) is 0.220. The van der Waals surface area contributed by atoms with E-state index < -0.39 is 0 Å². The van der Waals surface area contributed by atoms with Crippen LogP contribution in [0, 0.1) is 0 Å². The molecule has 0 unspecified atom stereocenters. The highest BCUT2D eigenvalue weighted by Gasteiger charge is 2.21. The zero-order valence-electron chi connectivity index (χ0n) is 24.4. The van der Waals surface area contributed by atoms with Crippen molar-refractivity contribution in [1.29, 1.82) is 0 Å². The molecule has 0 heterocycles. The molecule has 198 valence electrons. The second kappa shape index (κ2) is 13.3. The molecule has 0 radical (unpaired) electrons. The second-order valence-electron chi connectivity index (χ2n) is 9.62. The van der Waals surface area contributed by atoms with Crippen LogP contribution < -0.4 is 0 Å². The normalized spacial score (nSPS) is 11.7. The topological polar surface area (TPSA) is 0 Å². The molecule has 5 aromatic rings. The first-order valence-electron chi connectivity index (χ1n) is 14.8. The van der Waals surface area contributed by atoms with Crippen molar-refractivity contribution in [1.82, 2.24) is 0 Å². The first-order valence-corrected chi connectivity index (χ1v) is 14.8. The molecule has 0 heteroatoms. The lowest BCUT2D eigenvalue weighted by Crippen LogP contribution is -2.04. The van der Waals surface area contributed by atoms with Crippen LogP contribution in [-0.4, -0.2) is 0 Å². The van der Waals surface area contributed by atoms with Gasteiger partial charge in [-0.05, 0) is 91.4 Å². The molecular weight excluding hydrogens is 468 g/mol. The fourth-order valence-corrected chi connectivity index (χ4v) is 5.72. The van der Waals surface area contributed by atoms with Gasteiger partial charge < -0.3 is 0 Å². The smallest absolute Gasteiger partial charge is 0.00668 e. The molecule has 1 aliphatic carbocycles. The largest absolute Gasteiger partial charge is 0.0952 e. The average molecular weight is 511 g/mol. The van der Waals surface area contributed by atoms with Crippen molar-refractivity contribution in [3.63, 3.8) is 0 Å². The molecule has 6 rings (SSSR count). The summed E-state index contributed by atoms with van der Waals surface area (Å²) in [6.45, 7) is 14.7. The van der Waals surface area contributed by atoms with E-state index in [0.717, 1.165) is 25.7 Å². The van der Waals surface area contributed by atoms with Gasteiger partial charge >= 0.3 is 0 Å². The number of hydrogen-bond donors (Lipinski definition) is 0. The minimum Gasteiger partial charge on any atom is -0.0952 e. The average Bonchev–Trinajstić information content (AvgIpc) is 3.01. The lowest BCUT2D eigenvalue weighted by Gasteiger charge is -2.24. The molecule has 0 saturated heterocycles. The van der Waals surface area contributed by atoms with E-state index in [9.17, 15) is 0 Å². The fraction of sp³-hybridized carbons (Fsp3) is 0.231. The van der Waals surface area contributed by atoms with Gasteiger partial charge in [0.15, 0.2) is 0 Å². The Labute approximate surface area is 235 Å². The maximum Gasteiger partial charge on any atom is -0.00668 e. The summed E-state index contributed by atoms with van der Waals surface area (Å²) in [5.74, 6) is 0. The highest BCUT2D eigenvalue weighted by atomic mass is 14.2. The molecule has 0 bridgehead atoms. The second-order valence-corrected chi connectivity index (χ2v) is 9.62. The maximum absolute atomic E-state index is 4.51. The molecule has 5 aromatic carbocycles. The molecule has 39 heavy (non-hydrogen) atoms. The van der Waals surface area contributed by atoms with Crippen LogP contribution in [0.2, 0.25) is 0 Å². The van der Waals surface area contributed by atoms with E-state index in [-0.39, 0.29) is 0 Å². The molecule has 1 aliphatic rings. The molecule has 0 fully saturated rings. The van der Waals surface area contributed by atoms with E-state index in [1.807, 2.05) is 27.7 Å². The molecule has 0 spiro atoms. The summed E-state index contributed by atoms with van der Waals surface area (Å²) >= 11 is 0. The summed E-state index contributed by atoms with van der Waals surface area (Å²) in [6, 6.07) is 33.4. The number of benzene rings is 5. The molecule has 0 aromatic heterocycles. The van der Waals surface area contributed by atoms with E-state index >= 15 is 0 Å². The Hall–Kier alpha value is -3.90. The third-order valence-electron chi connectivity index (χ3n) is 7.37. The van der Waals surface area contributed by atoms with Crippen LogP contribution in [-0.2, 0) is 6.42 Å². The van der Waals surface area contributed by atoms with Gasteiger partial charge in [0, 0.05) is 0 Å². The van der Waals surface area contributed by atoms with Crippen LogP contribution in [0.5, 0.6) is 0 Å². The van der Waals surface area contributed by atoms with Crippen molar-refractivity contribution >= 4 is 33.2 Å². The number of fused-ring (bicyclic) bond motifs is 3. The van der Waals surface area contributed by atoms with Gasteiger partial charge in [0.2, 0.25) is 0 Å². The first kappa shape index (κ1) is 28.1. The zero-order chi connectivity index (χ0) is 27.8. The Kier molecular flexibility index (Phi) is 9.55. The Morgan fingerprint density at radius 2 is 1.31 bits per heavy atom. The SMILES string of the molecule is C=C(CCC)c1c2c(c(-c3ccc(-c4ccc5ccccc5c4)cc3)c3ccccc13)CCC=C2.CC.CC. The van der Waals surface area contributed by atoms with Crippen LogP contribution in [0.15, 0.2) is 104 Å². The van der Waals surface area contributed by atoms with Crippen molar-refractivity contribution < 1.29 is 0 Å². The van der Waals surface area contributed by atoms with E-state index in [4.69, 9.17) is 0 Å². The van der Waals surface area contributed by atoms with Gasteiger partial charge in [0.1, 0.15) is 0 Å². The van der Waals surface area contributed by atoms with Crippen molar-refractivity contribution in [3.8, 4) is 22.3 Å². The van der Waals surface area contributed by atoms with Crippen LogP contribution in [0.3, 0.4) is 0 Å². The molecule has 0 atom stereocenters. The highest BCUT2D eigenvalue weighted by molar-refractivity contribution is 6.07. The van der Waals surface area contributed by atoms with E-state index in [1.54, 1.807) is 0 Å². The third-order valence-corrected chi connectivity index (χ3v) is 7.37. The highest BCUT2D eigenvalue weighted by Crippen LogP contribution is 2.43. The lowest BCUT2D eigenvalue weighted by atomic mass is 9.79. The zero-order valence-corrected chi connectivity index (χ0v) is 24.4. The van der Waals surface area contributed by atoms with Gasteiger partial charge in [-0.15, -0.1) is 0 Å². The number of allylic oxidation sites excluding steroid dienone is 2. The van der Waals surface area contributed by atoms with Crippen molar-refractivity contribution in [2.24, 2.45) is 0 Å². The van der Waals surface area contributed by atoms with Gasteiger partial charge in [-0.2, -0.15) is 0 Å². The van der Waals surface area contributed by atoms with Gasteiger partial charge in [-0.25, -0.2) is 0 Å². The van der Waals surface area contributed by atoms with Crippen LogP contribution in [0.25, 0.3) is 55.4 Å². The first-order chi connectivity index (χ1) is 19.2. The maximum atomic E-state index is 4.51. The van der Waals surface area contributed by atoms with Crippen LogP contribution >= 0.6 is 0 Å². The van der Waals surface area contributed by atoms with Crippen LogP contribution in [0.1, 0.15) is 70.6 Å². The molecule has 0 amide bonds. The van der Waals surface area contributed by atoms with Crippen molar-refractivity contribution in [2.75, 3.05) is 0 Å². The summed E-state index contributed by atoms with van der Waals surface area (Å²) in [5, 5.41) is 5.23. The lowest BCUT2D eigenvalue weighted by molar-refractivity contribution is 0.967. The van der Waals surface area contributed by atoms with E-state index in [0.29, 0.717) is 0 Å². The molecular formula is C39H42. The standard InChI is InChI=1S/C35H30.2C2H6/c1-3-10-24(2)34-30-13-6-8-15-32(30)35(33-16-9-7-14-31(33)34)27-20-17-26(18-21-27)29-22-19-25-11-4-5-12-28(25)23-29;2*1-2/h4-8,11-15,17-23H,2-3,9-10,16H2,1H3;2*1-2H3. The fourth-order valence-electron chi connectivity index (χ4n) is 5.72. The van der Waals surface area contributed by atoms with Gasteiger partial charge in [0.25, 0.3) is 0 Å². The summed E-state index contributed by atoms with van der Waals surface area (Å²) in [5.41, 5.74) is 10.7. The Morgan fingerprint density at radius 3 is 2.03 bits per heavy atom. The summed E-state index contributed by atoms with van der Waals surface area (Å²) in [7, 11) is 0. The molecule has 0 nitrogen and oxygen atoms in total. The number of hydrogen-bond acceptors (Lipinski definition) is 0. The predicted molar refractivity (Wildman–Crippen MR) is 176 cm³/mol.